The van der Waals surface area contributed by atoms with E-state index in [9.17, 15) is 0 Å². The Morgan fingerprint density at radius 3 is 2.42 bits per heavy atom. The molecule has 0 aliphatic carbocycles. The largest absolute Gasteiger partial charge is 0.385 e. The second-order valence-electron chi connectivity index (χ2n) is 4.29. The SMILES string of the molecule is CCCNc1ncnc(NCCCCCOC)c1Br. The lowest BCUT2D eigenvalue weighted by Crippen LogP contribution is -2.08. The Morgan fingerprint density at radius 2 is 1.79 bits per heavy atom. The van der Waals surface area contributed by atoms with E-state index < -0.39 is 0 Å². The minimum Gasteiger partial charge on any atom is -0.385 e. The number of aromatic nitrogens is 2. The van der Waals surface area contributed by atoms with Gasteiger partial charge in [-0.05, 0) is 41.6 Å². The fourth-order valence-electron chi connectivity index (χ4n) is 1.61. The molecule has 0 saturated carbocycles. The first-order chi connectivity index (χ1) is 9.29. The fraction of sp³-hybridized carbons (Fsp3) is 0.692. The van der Waals surface area contributed by atoms with Crippen LogP contribution in [0.25, 0.3) is 0 Å². The van der Waals surface area contributed by atoms with Gasteiger partial charge in [-0.3, -0.25) is 0 Å². The van der Waals surface area contributed by atoms with Crippen molar-refractivity contribution in [2.75, 3.05) is 37.4 Å². The van der Waals surface area contributed by atoms with Gasteiger partial charge < -0.3 is 15.4 Å². The summed E-state index contributed by atoms with van der Waals surface area (Å²) in [7, 11) is 1.74. The molecule has 0 amide bonds. The zero-order chi connectivity index (χ0) is 13.9. The van der Waals surface area contributed by atoms with Crippen LogP contribution in [0.1, 0.15) is 32.6 Å². The van der Waals surface area contributed by atoms with Crippen LogP contribution in [0.4, 0.5) is 11.6 Å². The summed E-state index contributed by atoms with van der Waals surface area (Å²) in [5, 5.41) is 6.59. The van der Waals surface area contributed by atoms with Crippen molar-refractivity contribution < 1.29 is 4.74 Å². The van der Waals surface area contributed by atoms with Gasteiger partial charge in [0.2, 0.25) is 0 Å². The zero-order valence-electron chi connectivity index (χ0n) is 11.7. The molecule has 1 heterocycles. The third kappa shape index (κ3) is 6.20. The third-order valence-corrected chi connectivity index (χ3v) is 3.40. The number of ether oxygens (including phenoxy) is 1. The van der Waals surface area contributed by atoms with Crippen LogP contribution in [0, 0.1) is 0 Å². The highest BCUT2D eigenvalue weighted by atomic mass is 79.9. The molecule has 5 nitrogen and oxygen atoms in total. The van der Waals surface area contributed by atoms with Crippen molar-refractivity contribution in [2.45, 2.75) is 32.6 Å². The van der Waals surface area contributed by atoms with Gasteiger partial charge in [-0.15, -0.1) is 0 Å². The molecule has 19 heavy (non-hydrogen) atoms. The first-order valence-electron chi connectivity index (χ1n) is 6.76. The van der Waals surface area contributed by atoms with Crippen LogP contribution in [0.15, 0.2) is 10.8 Å². The number of unbranched alkanes of at least 4 members (excludes halogenated alkanes) is 2. The number of anilines is 2. The van der Waals surface area contributed by atoms with Gasteiger partial charge in [0, 0.05) is 26.8 Å². The minimum absolute atomic E-state index is 0.836. The maximum Gasteiger partial charge on any atom is 0.145 e. The quantitative estimate of drug-likeness (QED) is 0.644. The molecule has 0 aromatic carbocycles. The summed E-state index contributed by atoms with van der Waals surface area (Å²) in [6.07, 6.45) is 6.02. The summed E-state index contributed by atoms with van der Waals surface area (Å²) in [5.74, 6) is 1.69. The molecule has 0 saturated heterocycles. The summed E-state index contributed by atoms with van der Waals surface area (Å²) in [6.45, 7) is 4.78. The first-order valence-corrected chi connectivity index (χ1v) is 7.56. The Hall–Kier alpha value is -0.880. The van der Waals surface area contributed by atoms with E-state index in [0.717, 1.165) is 61.5 Å². The van der Waals surface area contributed by atoms with Crippen molar-refractivity contribution in [2.24, 2.45) is 0 Å². The fourth-order valence-corrected chi connectivity index (χ4v) is 2.10. The predicted molar refractivity (Wildman–Crippen MR) is 82.7 cm³/mol. The molecule has 0 atom stereocenters. The molecule has 108 valence electrons. The van der Waals surface area contributed by atoms with E-state index in [2.05, 4.69) is 43.5 Å². The van der Waals surface area contributed by atoms with Crippen molar-refractivity contribution in [3.8, 4) is 0 Å². The average molecular weight is 331 g/mol. The Labute approximate surface area is 123 Å². The number of nitrogens with one attached hydrogen (secondary N) is 2. The topological polar surface area (TPSA) is 59.1 Å². The number of rotatable bonds is 10. The molecule has 0 aliphatic rings. The van der Waals surface area contributed by atoms with E-state index in [1.165, 1.54) is 0 Å². The van der Waals surface area contributed by atoms with Gasteiger partial charge in [-0.2, -0.15) is 0 Å². The summed E-state index contributed by atoms with van der Waals surface area (Å²) in [4.78, 5) is 8.47. The van der Waals surface area contributed by atoms with Gasteiger partial charge in [0.1, 0.15) is 22.4 Å². The first kappa shape index (κ1) is 16.2. The van der Waals surface area contributed by atoms with Crippen molar-refractivity contribution in [1.29, 1.82) is 0 Å². The molecule has 0 unspecified atom stereocenters. The standard InChI is InChI=1S/C13H23BrN4O/c1-3-7-15-12-11(14)13(18-10-17-12)16-8-5-4-6-9-19-2/h10H,3-9H2,1-2H3,(H2,15,16,17,18). The van der Waals surface area contributed by atoms with Crippen molar-refractivity contribution in [3.05, 3.63) is 10.8 Å². The van der Waals surface area contributed by atoms with Crippen LogP contribution in [0.3, 0.4) is 0 Å². The lowest BCUT2D eigenvalue weighted by Gasteiger charge is -2.11. The van der Waals surface area contributed by atoms with Crippen LogP contribution in [-0.4, -0.2) is 36.8 Å². The van der Waals surface area contributed by atoms with Gasteiger partial charge in [0.15, 0.2) is 0 Å². The lowest BCUT2D eigenvalue weighted by atomic mass is 10.2. The summed E-state index contributed by atoms with van der Waals surface area (Å²) in [6, 6.07) is 0. The van der Waals surface area contributed by atoms with Gasteiger partial charge in [-0.25, -0.2) is 9.97 Å². The molecule has 1 rings (SSSR count). The maximum atomic E-state index is 5.02. The Bertz CT molecular complexity index is 362. The molecule has 1 aromatic rings. The van der Waals surface area contributed by atoms with E-state index in [4.69, 9.17) is 4.74 Å². The van der Waals surface area contributed by atoms with Crippen LogP contribution >= 0.6 is 15.9 Å². The number of hydrogen-bond acceptors (Lipinski definition) is 5. The third-order valence-electron chi connectivity index (χ3n) is 2.65. The van der Waals surface area contributed by atoms with Gasteiger partial charge in [0.25, 0.3) is 0 Å². The molecule has 0 aliphatic heterocycles. The van der Waals surface area contributed by atoms with Crippen molar-refractivity contribution in [1.82, 2.24) is 9.97 Å². The van der Waals surface area contributed by atoms with E-state index in [-0.39, 0.29) is 0 Å². The van der Waals surface area contributed by atoms with Crippen LogP contribution in [-0.2, 0) is 4.74 Å². The second-order valence-corrected chi connectivity index (χ2v) is 5.08. The second kappa shape index (κ2) is 9.97. The van der Waals surface area contributed by atoms with E-state index in [0.29, 0.717) is 0 Å². The Kier molecular flexibility index (Phi) is 8.49. The van der Waals surface area contributed by atoms with Gasteiger partial charge in [0.05, 0.1) is 0 Å². The molecular weight excluding hydrogens is 308 g/mol. The Balaban J connectivity index is 2.36. The molecule has 0 spiro atoms. The van der Waals surface area contributed by atoms with E-state index >= 15 is 0 Å². The number of methoxy groups -OCH3 is 1. The monoisotopic (exact) mass is 330 g/mol. The molecular formula is C13H23BrN4O. The van der Waals surface area contributed by atoms with Crippen LogP contribution < -0.4 is 10.6 Å². The average Bonchev–Trinajstić information content (AvgIpc) is 2.43. The Morgan fingerprint density at radius 1 is 1.11 bits per heavy atom. The number of nitrogens with zero attached hydrogens (tertiary/aromatic N) is 2. The highest BCUT2D eigenvalue weighted by Crippen LogP contribution is 2.26. The van der Waals surface area contributed by atoms with E-state index in [1.807, 2.05) is 0 Å². The van der Waals surface area contributed by atoms with E-state index in [1.54, 1.807) is 13.4 Å². The minimum atomic E-state index is 0.836. The van der Waals surface area contributed by atoms with Crippen molar-refractivity contribution >= 4 is 27.6 Å². The molecule has 2 N–H and O–H groups in total. The normalized spacial score (nSPS) is 10.5. The zero-order valence-corrected chi connectivity index (χ0v) is 13.3. The number of hydrogen-bond donors (Lipinski definition) is 2. The van der Waals surface area contributed by atoms with Crippen molar-refractivity contribution in [3.63, 3.8) is 0 Å². The van der Waals surface area contributed by atoms with Crippen LogP contribution in [0.2, 0.25) is 0 Å². The number of halogens is 1. The highest BCUT2D eigenvalue weighted by Gasteiger charge is 2.07. The van der Waals surface area contributed by atoms with Gasteiger partial charge in [-0.1, -0.05) is 6.92 Å². The predicted octanol–water partition coefficient (Wildman–Crippen LogP) is 3.29. The summed E-state index contributed by atoms with van der Waals surface area (Å²) < 4.78 is 5.93. The lowest BCUT2D eigenvalue weighted by molar-refractivity contribution is 0.192. The molecule has 6 heteroatoms. The van der Waals surface area contributed by atoms with Gasteiger partial charge >= 0.3 is 0 Å². The summed E-state index contributed by atoms with van der Waals surface area (Å²) >= 11 is 3.54. The molecule has 1 aromatic heterocycles. The molecule has 0 bridgehead atoms. The summed E-state index contributed by atoms with van der Waals surface area (Å²) in [5.41, 5.74) is 0. The maximum absolute atomic E-state index is 5.02. The highest BCUT2D eigenvalue weighted by molar-refractivity contribution is 9.10. The molecule has 0 radical (unpaired) electrons. The smallest absolute Gasteiger partial charge is 0.145 e. The molecule has 0 fully saturated rings. The van der Waals surface area contributed by atoms with Crippen LogP contribution in [0.5, 0.6) is 0 Å².